The molecule has 2 aromatic heterocycles. The summed E-state index contributed by atoms with van der Waals surface area (Å²) >= 11 is 0. The first-order chi connectivity index (χ1) is 9.79. The van der Waals surface area contributed by atoms with Crippen molar-refractivity contribution in [3.05, 3.63) is 60.4 Å². The van der Waals surface area contributed by atoms with Crippen molar-refractivity contribution in [1.82, 2.24) is 14.3 Å². The van der Waals surface area contributed by atoms with E-state index in [-0.39, 0.29) is 52.2 Å². The third-order valence-corrected chi connectivity index (χ3v) is 3.16. The number of aromatic nitrogens is 2. The van der Waals surface area contributed by atoms with E-state index < -0.39 is 0 Å². The summed E-state index contributed by atoms with van der Waals surface area (Å²) in [5, 5.41) is 0. The fourth-order valence-corrected chi connectivity index (χ4v) is 2.23. The van der Waals surface area contributed by atoms with Crippen LogP contribution in [-0.4, -0.2) is 27.7 Å². The number of hydrogen-bond donors (Lipinski definition) is 0. The summed E-state index contributed by atoms with van der Waals surface area (Å²) in [6, 6.07) is 16.5. The molecule has 0 fully saturated rings. The molecule has 0 saturated carbocycles. The summed E-state index contributed by atoms with van der Waals surface area (Å²) in [5.74, 6) is 0. The number of benzene rings is 1. The molecule has 3 rings (SSSR count). The molecule has 4 nitrogen and oxygen atoms in total. The third-order valence-electron chi connectivity index (χ3n) is 3.16. The zero-order valence-electron chi connectivity index (χ0n) is 12.0. The van der Waals surface area contributed by atoms with Crippen LogP contribution < -0.4 is 0 Å². The second-order valence-corrected chi connectivity index (χ2v) is 4.57. The van der Waals surface area contributed by atoms with Gasteiger partial charge in [0, 0.05) is 64.9 Å². The first-order valence-corrected chi connectivity index (χ1v) is 6.31. The molecule has 3 aromatic rings. The van der Waals surface area contributed by atoms with E-state index in [0.29, 0.717) is 6.54 Å². The van der Waals surface area contributed by atoms with Crippen molar-refractivity contribution in [2.24, 2.45) is 0 Å². The number of hydrogen-bond acceptors (Lipinski definition) is 2. The van der Waals surface area contributed by atoms with Crippen LogP contribution in [0.4, 0.5) is 0 Å². The number of nitrogens with zero attached hydrogens (tertiary/aromatic N) is 3. The second kappa shape index (κ2) is 8.67. The minimum atomic E-state index is 0. The first-order valence-electron chi connectivity index (χ1n) is 6.31. The SMILES string of the molecule is CN([C-]=O)Cc1c(-c2cc[c-]cc2)nc2ccccn12.[U].[W]. The Kier molecular flexibility index (Phi) is 7.56. The van der Waals surface area contributed by atoms with Gasteiger partial charge in [0.25, 0.3) is 0 Å². The van der Waals surface area contributed by atoms with Gasteiger partial charge in [-0.05, 0) is 19.2 Å². The summed E-state index contributed by atoms with van der Waals surface area (Å²) < 4.78 is 2.00. The Bertz CT molecular complexity index is 745. The molecule has 0 bridgehead atoms. The number of imidazole rings is 1. The minimum absolute atomic E-state index is 0. The Morgan fingerprint density at radius 1 is 1.27 bits per heavy atom. The van der Waals surface area contributed by atoms with Gasteiger partial charge in [0.15, 0.2) is 0 Å². The van der Waals surface area contributed by atoms with Crippen molar-refractivity contribution in [2.75, 3.05) is 7.05 Å². The summed E-state index contributed by atoms with van der Waals surface area (Å²) in [5.41, 5.74) is 3.73. The molecule has 0 N–H and O–H groups in total. The Hall–Kier alpha value is -0.880. The molecular weight excluding hydrogens is 672 g/mol. The minimum Gasteiger partial charge on any atom is -0.520 e. The van der Waals surface area contributed by atoms with Crippen molar-refractivity contribution < 1.29 is 57.0 Å². The summed E-state index contributed by atoms with van der Waals surface area (Å²) in [4.78, 5) is 16.9. The number of pyridine rings is 1. The van der Waals surface area contributed by atoms with Crippen molar-refractivity contribution in [3.8, 4) is 11.3 Å². The normalized spacial score (nSPS) is 9.68. The van der Waals surface area contributed by atoms with Gasteiger partial charge in [-0.3, -0.25) is 0 Å². The van der Waals surface area contributed by atoms with Crippen LogP contribution in [0.25, 0.3) is 16.9 Å². The largest absolute Gasteiger partial charge is 0.520 e. The van der Waals surface area contributed by atoms with Crippen LogP contribution in [0.5, 0.6) is 0 Å². The van der Waals surface area contributed by atoms with Crippen LogP contribution in [0.15, 0.2) is 48.7 Å². The van der Waals surface area contributed by atoms with Gasteiger partial charge in [0.2, 0.25) is 0 Å². The third kappa shape index (κ3) is 3.90. The van der Waals surface area contributed by atoms with E-state index >= 15 is 0 Å². The van der Waals surface area contributed by atoms with Crippen LogP contribution >= 0.6 is 0 Å². The van der Waals surface area contributed by atoms with E-state index in [2.05, 4.69) is 11.1 Å². The monoisotopic (exact) mass is 685 g/mol. The van der Waals surface area contributed by atoms with E-state index in [1.807, 2.05) is 59.5 Å². The number of fused-ring (bicyclic) bond motifs is 1. The van der Waals surface area contributed by atoms with Gasteiger partial charge in [-0.25, -0.2) is 4.98 Å². The molecule has 0 spiro atoms. The van der Waals surface area contributed by atoms with E-state index in [1.165, 1.54) is 4.90 Å². The van der Waals surface area contributed by atoms with Crippen LogP contribution in [0.1, 0.15) is 5.69 Å². The molecule has 110 valence electrons. The molecular formula is C16H13N3OUW-2. The standard InChI is InChI=1S/C16H13N3O.U.W/c1-18(12-20)11-14-16(13-7-3-2-4-8-13)17-15-9-5-6-10-19(14)15;;/h3-10H,11H2,1H3;;/q-2;;. The van der Waals surface area contributed by atoms with Gasteiger partial charge in [0.1, 0.15) is 5.65 Å². The van der Waals surface area contributed by atoms with Crippen LogP contribution in [0.2, 0.25) is 0 Å². The summed E-state index contributed by atoms with van der Waals surface area (Å²) in [7, 11) is 1.71. The fourth-order valence-electron chi connectivity index (χ4n) is 2.23. The topological polar surface area (TPSA) is 37.6 Å². The van der Waals surface area contributed by atoms with E-state index in [4.69, 9.17) is 0 Å². The average molecular weight is 685 g/mol. The molecule has 0 unspecified atom stereocenters. The van der Waals surface area contributed by atoms with Crippen LogP contribution in [-0.2, 0) is 32.4 Å². The van der Waals surface area contributed by atoms with Gasteiger partial charge in [0.05, 0.1) is 11.4 Å². The Labute approximate surface area is 167 Å². The van der Waals surface area contributed by atoms with Gasteiger partial charge < -0.3 is 14.1 Å². The first kappa shape index (κ1) is 19.2. The van der Waals surface area contributed by atoms with Crippen molar-refractivity contribution >= 4 is 12.1 Å². The molecule has 1 amide bonds. The van der Waals surface area contributed by atoms with E-state index in [9.17, 15) is 4.79 Å². The molecule has 1 aromatic carbocycles. The Morgan fingerprint density at radius 2 is 2.00 bits per heavy atom. The zero-order valence-corrected chi connectivity index (χ0v) is 19.1. The van der Waals surface area contributed by atoms with Crippen molar-refractivity contribution in [3.63, 3.8) is 0 Å². The smallest absolute Gasteiger partial charge is 0.137 e. The molecule has 0 aliphatic heterocycles. The van der Waals surface area contributed by atoms with Gasteiger partial charge in [-0.2, -0.15) is 36.7 Å². The van der Waals surface area contributed by atoms with Gasteiger partial charge >= 0.3 is 0 Å². The zero-order chi connectivity index (χ0) is 13.9. The van der Waals surface area contributed by atoms with Gasteiger partial charge in [-0.1, -0.05) is 6.07 Å². The van der Waals surface area contributed by atoms with Crippen LogP contribution in [0.3, 0.4) is 0 Å². The summed E-state index contributed by atoms with van der Waals surface area (Å²) in [6.45, 7) is 0.461. The molecule has 0 saturated heterocycles. The molecule has 2 heterocycles. The number of amides is 1. The molecule has 0 atom stereocenters. The maximum atomic E-state index is 10.8. The predicted octanol–water partition coefficient (Wildman–Crippen LogP) is 2.30. The number of rotatable bonds is 4. The quantitative estimate of drug-likeness (QED) is 0.313. The van der Waals surface area contributed by atoms with E-state index in [0.717, 1.165) is 22.6 Å². The summed E-state index contributed by atoms with van der Waals surface area (Å²) in [6.07, 6.45) is 3.84. The number of carbonyl (C=O) groups excluding carboxylic acids is 1. The van der Waals surface area contributed by atoms with Gasteiger partial charge in [-0.15, -0.1) is 5.56 Å². The fraction of sp³-hybridized carbons (Fsp3) is 0.125. The van der Waals surface area contributed by atoms with Crippen molar-refractivity contribution in [2.45, 2.75) is 6.54 Å². The maximum absolute atomic E-state index is 10.8. The van der Waals surface area contributed by atoms with E-state index in [1.54, 1.807) is 7.05 Å². The second-order valence-electron chi connectivity index (χ2n) is 4.57. The molecule has 0 radical (unpaired) electrons. The molecule has 0 aliphatic rings. The molecule has 0 aliphatic carbocycles. The Morgan fingerprint density at radius 3 is 2.68 bits per heavy atom. The molecule has 6 heteroatoms. The maximum Gasteiger partial charge on any atom is 0.137 e. The average Bonchev–Trinajstić information content (AvgIpc) is 2.87. The Balaban J connectivity index is 0.00000121. The predicted molar refractivity (Wildman–Crippen MR) is 76.6 cm³/mol. The molecule has 22 heavy (non-hydrogen) atoms. The van der Waals surface area contributed by atoms with Crippen molar-refractivity contribution in [1.29, 1.82) is 0 Å². The van der Waals surface area contributed by atoms with Crippen LogP contribution in [0, 0.1) is 37.2 Å².